The van der Waals surface area contributed by atoms with E-state index < -0.39 is 24.0 Å². The second-order valence-electron chi connectivity index (χ2n) is 8.71. The van der Waals surface area contributed by atoms with Crippen LogP contribution in [0.1, 0.15) is 22.5 Å². The van der Waals surface area contributed by atoms with Crippen molar-refractivity contribution >= 4 is 11.9 Å². The number of para-hydroxylation sites is 1. The highest BCUT2D eigenvalue weighted by atomic mass is 16.5. The van der Waals surface area contributed by atoms with Crippen molar-refractivity contribution in [3.63, 3.8) is 0 Å². The molecule has 8 nitrogen and oxygen atoms in total. The van der Waals surface area contributed by atoms with Gasteiger partial charge < -0.3 is 20.3 Å². The Morgan fingerprint density at radius 1 is 0.972 bits per heavy atom. The number of aromatic nitrogens is 2. The molecule has 0 bridgehead atoms. The fourth-order valence-electron chi connectivity index (χ4n) is 4.35. The summed E-state index contributed by atoms with van der Waals surface area (Å²) in [4.78, 5) is 24.4. The lowest BCUT2D eigenvalue weighted by molar-refractivity contribution is -0.147. The molecule has 182 valence electrons. The number of aliphatic hydroxyl groups excluding tert-OH is 1. The van der Waals surface area contributed by atoms with Crippen LogP contribution in [0.25, 0.3) is 22.4 Å². The van der Waals surface area contributed by atoms with E-state index in [-0.39, 0.29) is 18.8 Å². The van der Waals surface area contributed by atoms with Gasteiger partial charge in [-0.3, -0.25) is 4.79 Å². The number of carbonyl (C=O) groups is 2. The molecule has 0 saturated carbocycles. The number of aliphatic hydroxyl groups is 1. The first kappa shape index (κ1) is 23.3. The molecule has 0 unspecified atom stereocenters. The number of aliphatic carboxylic acids is 1. The molecule has 2 heterocycles. The minimum atomic E-state index is -1.60. The fourth-order valence-corrected chi connectivity index (χ4v) is 4.35. The van der Waals surface area contributed by atoms with E-state index in [1.165, 1.54) is 0 Å². The van der Waals surface area contributed by atoms with Crippen molar-refractivity contribution in [2.75, 3.05) is 0 Å². The first-order valence-electron chi connectivity index (χ1n) is 11.6. The minimum absolute atomic E-state index is 0.138. The number of carbonyl (C=O) groups excluding carboxylic acids is 1. The predicted octanol–water partition coefficient (Wildman–Crippen LogP) is 3.74. The Labute approximate surface area is 207 Å². The summed E-state index contributed by atoms with van der Waals surface area (Å²) < 4.78 is 7.31. The zero-order chi connectivity index (χ0) is 25.1. The van der Waals surface area contributed by atoms with Gasteiger partial charge in [0.1, 0.15) is 5.75 Å². The third kappa shape index (κ3) is 4.99. The quantitative estimate of drug-likeness (QED) is 0.352. The average molecular weight is 484 g/mol. The highest BCUT2D eigenvalue weighted by molar-refractivity contribution is 5.94. The minimum Gasteiger partial charge on any atom is -0.479 e. The highest BCUT2D eigenvalue weighted by Gasteiger charge is 2.26. The summed E-state index contributed by atoms with van der Waals surface area (Å²) in [5.74, 6) is -1.06. The number of benzene rings is 3. The molecule has 3 aromatic carbocycles. The van der Waals surface area contributed by atoms with Gasteiger partial charge in [-0.2, -0.15) is 5.10 Å². The SMILES string of the molecule is O=C(N[C@H](Cc1ccc(-c2ccccc2)cc1)C[C@@H](O)C(=O)O)c1cc2n(n1)COc1ccccc1-2. The van der Waals surface area contributed by atoms with Crippen molar-refractivity contribution in [2.24, 2.45) is 0 Å². The molecule has 36 heavy (non-hydrogen) atoms. The van der Waals surface area contributed by atoms with Crippen LogP contribution in [0.2, 0.25) is 0 Å². The van der Waals surface area contributed by atoms with E-state index in [0.717, 1.165) is 33.7 Å². The molecule has 0 radical (unpaired) electrons. The summed E-state index contributed by atoms with van der Waals surface area (Å²) in [6.07, 6.45) is -1.39. The normalized spacial score (nSPS) is 13.6. The molecule has 1 aliphatic heterocycles. The standard InChI is InChI=1S/C28H25N3O5/c32-25(28(34)35)15-21(14-18-10-12-20(13-11-18)19-6-2-1-3-7-19)29-27(33)23-16-24-22-8-4-5-9-26(22)36-17-31(24)30-23/h1-13,16,21,25,32H,14-15,17H2,(H,29,33)(H,34,35)/t21-,25-/m1/s1. The van der Waals surface area contributed by atoms with E-state index in [2.05, 4.69) is 10.4 Å². The van der Waals surface area contributed by atoms with Crippen LogP contribution in [-0.4, -0.2) is 44.0 Å². The molecule has 1 amide bonds. The number of fused-ring (bicyclic) bond motifs is 3. The van der Waals surface area contributed by atoms with Crippen molar-refractivity contribution in [1.82, 2.24) is 15.1 Å². The van der Waals surface area contributed by atoms with Gasteiger partial charge in [0.2, 0.25) is 0 Å². The monoisotopic (exact) mass is 483 g/mol. The van der Waals surface area contributed by atoms with Crippen molar-refractivity contribution in [1.29, 1.82) is 0 Å². The van der Waals surface area contributed by atoms with Crippen LogP contribution in [0.5, 0.6) is 5.75 Å². The van der Waals surface area contributed by atoms with Crippen LogP contribution in [0, 0.1) is 0 Å². The van der Waals surface area contributed by atoms with Crippen LogP contribution < -0.4 is 10.1 Å². The van der Waals surface area contributed by atoms with Gasteiger partial charge in [0.15, 0.2) is 18.5 Å². The van der Waals surface area contributed by atoms with Gasteiger partial charge in [-0.25, -0.2) is 9.48 Å². The van der Waals surface area contributed by atoms with Crippen LogP contribution in [0.4, 0.5) is 0 Å². The number of ether oxygens (including phenoxy) is 1. The molecule has 3 N–H and O–H groups in total. The number of rotatable bonds is 8. The van der Waals surface area contributed by atoms with Crippen molar-refractivity contribution in [2.45, 2.75) is 31.7 Å². The van der Waals surface area contributed by atoms with Crippen molar-refractivity contribution < 1.29 is 24.5 Å². The molecular weight excluding hydrogens is 458 g/mol. The van der Waals surface area contributed by atoms with E-state index in [1.54, 1.807) is 10.7 Å². The lowest BCUT2D eigenvalue weighted by Crippen LogP contribution is -2.40. The van der Waals surface area contributed by atoms with E-state index in [9.17, 15) is 19.8 Å². The summed E-state index contributed by atoms with van der Waals surface area (Å²) in [6, 6.07) is 26.4. The third-order valence-electron chi connectivity index (χ3n) is 6.19. The first-order valence-corrected chi connectivity index (χ1v) is 11.6. The summed E-state index contributed by atoms with van der Waals surface area (Å²) in [7, 11) is 0. The average Bonchev–Trinajstić information content (AvgIpc) is 3.35. The highest BCUT2D eigenvalue weighted by Crippen LogP contribution is 2.34. The molecule has 5 rings (SSSR count). The van der Waals surface area contributed by atoms with E-state index in [4.69, 9.17) is 4.74 Å². The molecular formula is C28H25N3O5. The number of nitrogens with one attached hydrogen (secondary N) is 1. The molecule has 0 fully saturated rings. The van der Waals surface area contributed by atoms with Gasteiger partial charge in [0, 0.05) is 18.0 Å². The first-order chi connectivity index (χ1) is 17.5. The second-order valence-corrected chi connectivity index (χ2v) is 8.71. The molecule has 8 heteroatoms. The predicted molar refractivity (Wildman–Crippen MR) is 133 cm³/mol. The van der Waals surface area contributed by atoms with Crippen LogP contribution in [0.3, 0.4) is 0 Å². The van der Waals surface area contributed by atoms with Crippen LogP contribution in [0.15, 0.2) is 84.9 Å². The molecule has 0 saturated heterocycles. The second kappa shape index (κ2) is 10.1. The van der Waals surface area contributed by atoms with Gasteiger partial charge >= 0.3 is 5.97 Å². The molecule has 2 atom stereocenters. The molecule has 4 aromatic rings. The fraction of sp³-hybridized carbons (Fsp3) is 0.179. The van der Waals surface area contributed by atoms with Crippen LogP contribution in [-0.2, 0) is 17.9 Å². The zero-order valence-corrected chi connectivity index (χ0v) is 19.4. The third-order valence-corrected chi connectivity index (χ3v) is 6.19. The smallest absolute Gasteiger partial charge is 0.332 e. The Balaban J connectivity index is 1.34. The summed E-state index contributed by atoms with van der Waals surface area (Å²) in [5, 5.41) is 26.5. The van der Waals surface area contributed by atoms with E-state index in [1.807, 2.05) is 78.9 Å². The molecule has 1 aliphatic rings. The van der Waals surface area contributed by atoms with Crippen LogP contribution >= 0.6 is 0 Å². The number of nitrogens with zero attached hydrogens (tertiary/aromatic N) is 2. The van der Waals surface area contributed by atoms with Gasteiger partial charge in [0.05, 0.1) is 5.69 Å². The van der Waals surface area contributed by atoms with E-state index >= 15 is 0 Å². The largest absolute Gasteiger partial charge is 0.479 e. The summed E-state index contributed by atoms with van der Waals surface area (Å²) in [5.41, 5.74) is 4.84. The number of hydrogen-bond acceptors (Lipinski definition) is 5. The van der Waals surface area contributed by atoms with Gasteiger partial charge in [-0.15, -0.1) is 0 Å². The molecule has 1 aromatic heterocycles. The topological polar surface area (TPSA) is 114 Å². The van der Waals surface area contributed by atoms with Crippen molar-refractivity contribution in [3.05, 3.63) is 96.2 Å². The molecule has 0 aliphatic carbocycles. The number of carboxylic acids is 1. The maximum Gasteiger partial charge on any atom is 0.332 e. The molecule has 0 spiro atoms. The summed E-state index contributed by atoms with van der Waals surface area (Å²) >= 11 is 0. The Bertz CT molecular complexity index is 1380. The maximum atomic E-state index is 13.1. The Morgan fingerprint density at radius 2 is 1.67 bits per heavy atom. The Kier molecular flexibility index (Phi) is 6.51. The zero-order valence-electron chi connectivity index (χ0n) is 19.4. The van der Waals surface area contributed by atoms with Gasteiger partial charge in [0.25, 0.3) is 5.91 Å². The number of carboxylic acid groups (broad SMARTS) is 1. The van der Waals surface area contributed by atoms with Gasteiger partial charge in [-0.1, -0.05) is 66.7 Å². The lowest BCUT2D eigenvalue weighted by Gasteiger charge is -2.20. The van der Waals surface area contributed by atoms with E-state index in [0.29, 0.717) is 6.42 Å². The lowest BCUT2D eigenvalue weighted by atomic mass is 9.97. The Hall–Kier alpha value is -4.43. The summed E-state index contributed by atoms with van der Waals surface area (Å²) in [6.45, 7) is 0.189. The maximum absolute atomic E-state index is 13.1. The number of amides is 1. The van der Waals surface area contributed by atoms with Crippen molar-refractivity contribution in [3.8, 4) is 28.1 Å². The number of hydrogen-bond donors (Lipinski definition) is 3. The van der Waals surface area contributed by atoms with Gasteiger partial charge in [-0.05, 0) is 41.3 Å². The Morgan fingerprint density at radius 3 is 2.42 bits per heavy atom.